The molecule has 0 saturated heterocycles. The van der Waals surface area contributed by atoms with Crippen LogP contribution in [0.4, 0.5) is 0 Å². The molecule has 0 aliphatic heterocycles. The van der Waals surface area contributed by atoms with Gasteiger partial charge in [0.1, 0.15) is 0 Å². The van der Waals surface area contributed by atoms with Crippen molar-refractivity contribution in [2.75, 3.05) is 7.11 Å². The van der Waals surface area contributed by atoms with E-state index in [0.29, 0.717) is 0 Å². The molecule has 2 N–H and O–H groups in total. The molecule has 0 heterocycles. The summed E-state index contributed by atoms with van der Waals surface area (Å²) in [6, 6.07) is 1.81. The molecule has 76 valence electrons. The molecule has 0 aromatic carbocycles. The van der Waals surface area contributed by atoms with Gasteiger partial charge in [-0.3, -0.25) is 0 Å². The largest absolute Gasteiger partial charge is 0.418 e. The predicted molar refractivity (Wildman–Crippen MR) is 61.0 cm³/mol. The van der Waals surface area contributed by atoms with Crippen LogP contribution in [-0.4, -0.2) is 21.1 Å². The maximum absolute atomic E-state index is 6.08. The fourth-order valence-electron chi connectivity index (χ4n) is 1.56. The van der Waals surface area contributed by atoms with Gasteiger partial charge in [-0.1, -0.05) is 19.1 Å². The average molecular weight is 199 g/mol. The first-order valence-corrected chi connectivity index (χ1v) is 7.09. The second kappa shape index (κ2) is 6.13. The molecule has 0 spiro atoms. The molecule has 0 saturated carbocycles. The molecule has 3 heteroatoms. The smallest absolute Gasteiger partial charge is 0.215 e. The first-order chi connectivity index (χ1) is 6.16. The SMILES string of the molecule is C=CC[Si](CC=C)(OC)C(N)CC. The fourth-order valence-corrected chi connectivity index (χ4v) is 4.69. The Kier molecular flexibility index (Phi) is 5.95. The Bertz CT molecular complexity index is 160. The molecular formula is C10H21NOSi. The molecule has 0 bridgehead atoms. The Morgan fingerprint density at radius 2 is 1.85 bits per heavy atom. The van der Waals surface area contributed by atoms with Crippen molar-refractivity contribution < 1.29 is 4.43 Å². The Hall–Kier alpha value is -0.383. The lowest BCUT2D eigenvalue weighted by atomic mass is 10.5. The van der Waals surface area contributed by atoms with Crippen LogP contribution in [0.2, 0.25) is 12.1 Å². The van der Waals surface area contributed by atoms with E-state index in [-0.39, 0.29) is 5.67 Å². The van der Waals surface area contributed by atoms with Crippen LogP contribution in [0.1, 0.15) is 13.3 Å². The molecule has 0 amide bonds. The topological polar surface area (TPSA) is 35.2 Å². The minimum absolute atomic E-state index is 0.175. The summed E-state index contributed by atoms with van der Waals surface area (Å²) in [5, 5.41) is 0. The molecule has 0 fully saturated rings. The molecule has 0 aromatic heterocycles. The molecular weight excluding hydrogens is 178 g/mol. The third-order valence-electron chi connectivity index (χ3n) is 2.50. The van der Waals surface area contributed by atoms with Crippen molar-refractivity contribution in [2.45, 2.75) is 31.1 Å². The lowest BCUT2D eigenvalue weighted by Crippen LogP contribution is -2.53. The first kappa shape index (κ1) is 12.6. The van der Waals surface area contributed by atoms with Gasteiger partial charge in [-0.2, -0.15) is 0 Å². The van der Waals surface area contributed by atoms with Crippen molar-refractivity contribution in [1.82, 2.24) is 0 Å². The van der Waals surface area contributed by atoms with Crippen LogP contribution < -0.4 is 5.73 Å². The van der Waals surface area contributed by atoms with E-state index >= 15 is 0 Å². The van der Waals surface area contributed by atoms with E-state index in [1.807, 2.05) is 12.2 Å². The number of hydrogen-bond acceptors (Lipinski definition) is 2. The number of nitrogens with two attached hydrogens (primary N) is 1. The van der Waals surface area contributed by atoms with Crippen molar-refractivity contribution in [3.8, 4) is 0 Å². The number of allylic oxidation sites excluding steroid dienone is 2. The molecule has 0 aliphatic rings. The van der Waals surface area contributed by atoms with E-state index in [0.717, 1.165) is 18.5 Å². The normalized spacial score (nSPS) is 13.8. The van der Waals surface area contributed by atoms with Crippen molar-refractivity contribution in [3.05, 3.63) is 25.3 Å². The van der Waals surface area contributed by atoms with Crippen LogP contribution in [0, 0.1) is 0 Å². The highest BCUT2D eigenvalue weighted by Gasteiger charge is 2.37. The zero-order valence-electron chi connectivity index (χ0n) is 8.75. The van der Waals surface area contributed by atoms with Crippen LogP contribution >= 0.6 is 0 Å². The van der Waals surface area contributed by atoms with Crippen LogP contribution in [0.3, 0.4) is 0 Å². The zero-order valence-corrected chi connectivity index (χ0v) is 9.75. The molecule has 0 rings (SSSR count). The highest BCUT2D eigenvalue weighted by molar-refractivity contribution is 6.76. The van der Waals surface area contributed by atoms with Gasteiger partial charge in [0.25, 0.3) is 0 Å². The lowest BCUT2D eigenvalue weighted by Gasteiger charge is -2.33. The van der Waals surface area contributed by atoms with Crippen LogP contribution in [-0.2, 0) is 4.43 Å². The molecule has 0 radical (unpaired) electrons. The second-order valence-corrected chi connectivity index (χ2v) is 7.37. The average Bonchev–Trinajstić information content (AvgIpc) is 2.16. The summed E-state index contributed by atoms with van der Waals surface area (Å²) < 4.78 is 5.64. The molecule has 13 heavy (non-hydrogen) atoms. The molecule has 0 aromatic rings. The van der Waals surface area contributed by atoms with Crippen molar-refractivity contribution >= 4 is 8.32 Å². The number of rotatable bonds is 7. The lowest BCUT2D eigenvalue weighted by molar-refractivity contribution is 0.381. The maximum Gasteiger partial charge on any atom is 0.215 e. The zero-order chi connectivity index (χ0) is 10.3. The van der Waals surface area contributed by atoms with Gasteiger partial charge in [0.05, 0.1) is 0 Å². The minimum atomic E-state index is -1.83. The van der Waals surface area contributed by atoms with E-state index in [9.17, 15) is 0 Å². The Morgan fingerprint density at radius 1 is 1.38 bits per heavy atom. The Morgan fingerprint density at radius 3 is 2.08 bits per heavy atom. The fraction of sp³-hybridized carbons (Fsp3) is 0.600. The van der Waals surface area contributed by atoms with Gasteiger partial charge in [0.2, 0.25) is 8.32 Å². The van der Waals surface area contributed by atoms with E-state index in [2.05, 4.69) is 20.1 Å². The van der Waals surface area contributed by atoms with Gasteiger partial charge in [-0.25, -0.2) is 0 Å². The molecule has 2 nitrogen and oxygen atoms in total. The number of hydrogen-bond donors (Lipinski definition) is 1. The summed E-state index contributed by atoms with van der Waals surface area (Å²) >= 11 is 0. The highest BCUT2D eigenvalue weighted by atomic mass is 28.4. The Labute approximate surface area is 82.6 Å². The summed E-state index contributed by atoms with van der Waals surface area (Å²) in [5.41, 5.74) is 6.25. The van der Waals surface area contributed by atoms with Gasteiger partial charge in [0, 0.05) is 12.8 Å². The monoisotopic (exact) mass is 199 g/mol. The molecule has 1 unspecified atom stereocenters. The highest BCUT2D eigenvalue weighted by Crippen LogP contribution is 2.22. The predicted octanol–water partition coefficient (Wildman–Crippen LogP) is 2.23. The summed E-state index contributed by atoms with van der Waals surface area (Å²) in [4.78, 5) is 0. The summed E-state index contributed by atoms with van der Waals surface area (Å²) in [5.74, 6) is 0. The van der Waals surface area contributed by atoms with Crippen molar-refractivity contribution in [1.29, 1.82) is 0 Å². The first-order valence-electron chi connectivity index (χ1n) is 4.69. The van der Waals surface area contributed by atoms with Gasteiger partial charge < -0.3 is 10.2 Å². The van der Waals surface area contributed by atoms with E-state index < -0.39 is 8.32 Å². The molecule has 1 atom stereocenters. The van der Waals surface area contributed by atoms with Gasteiger partial charge in [-0.15, -0.1) is 13.2 Å². The summed E-state index contributed by atoms with van der Waals surface area (Å²) in [6.07, 6.45) is 4.78. The summed E-state index contributed by atoms with van der Waals surface area (Å²) in [6.45, 7) is 9.61. The Balaban J connectivity index is 4.60. The second-order valence-electron chi connectivity index (χ2n) is 3.27. The third-order valence-corrected chi connectivity index (χ3v) is 7.03. The van der Waals surface area contributed by atoms with E-state index in [1.165, 1.54) is 0 Å². The van der Waals surface area contributed by atoms with E-state index in [1.54, 1.807) is 7.11 Å². The van der Waals surface area contributed by atoms with Gasteiger partial charge in [0.15, 0.2) is 0 Å². The summed E-state index contributed by atoms with van der Waals surface area (Å²) in [7, 11) is -0.0725. The van der Waals surface area contributed by atoms with Gasteiger partial charge >= 0.3 is 0 Å². The van der Waals surface area contributed by atoms with E-state index in [4.69, 9.17) is 10.2 Å². The van der Waals surface area contributed by atoms with Crippen molar-refractivity contribution in [3.63, 3.8) is 0 Å². The minimum Gasteiger partial charge on any atom is -0.418 e. The van der Waals surface area contributed by atoms with Crippen LogP contribution in [0.25, 0.3) is 0 Å². The van der Waals surface area contributed by atoms with Crippen LogP contribution in [0.15, 0.2) is 25.3 Å². The maximum atomic E-state index is 6.08. The molecule has 0 aliphatic carbocycles. The quantitative estimate of drug-likeness (QED) is 0.504. The van der Waals surface area contributed by atoms with Gasteiger partial charge in [-0.05, 0) is 18.5 Å². The van der Waals surface area contributed by atoms with Crippen molar-refractivity contribution in [2.24, 2.45) is 5.73 Å². The standard InChI is InChI=1S/C10H21NOSi/c1-5-8-13(12-4,9-6-2)10(11)7-3/h5-6,10H,1-2,7-9,11H2,3-4H3. The van der Waals surface area contributed by atoms with Crippen LogP contribution in [0.5, 0.6) is 0 Å². The third kappa shape index (κ3) is 3.10.